The first-order chi connectivity index (χ1) is 8.59. The van der Waals surface area contributed by atoms with Gasteiger partial charge in [-0.3, -0.25) is 9.78 Å². The molecule has 18 heavy (non-hydrogen) atoms. The second kappa shape index (κ2) is 5.40. The van der Waals surface area contributed by atoms with Gasteiger partial charge in [-0.25, -0.2) is 4.39 Å². The second-order valence-electron chi connectivity index (χ2n) is 3.96. The van der Waals surface area contributed by atoms with Gasteiger partial charge in [0, 0.05) is 10.7 Å². The van der Waals surface area contributed by atoms with E-state index in [0.29, 0.717) is 10.2 Å². The van der Waals surface area contributed by atoms with E-state index in [9.17, 15) is 9.18 Å². The fourth-order valence-corrected chi connectivity index (χ4v) is 2.27. The zero-order valence-corrected chi connectivity index (χ0v) is 11.4. The van der Waals surface area contributed by atoms with Gasteiger partial charge in [0.25, 0.3) is 0 Å². The summed E-state index contributed by atoms with van der Waals surface area (Å²) in [6.07, 6.45) is 1.73. The van der Waals surface area contributed by atoms with Crippen LogP contribution in [0.2, 0.25) is 0 Å². The summed E-state index contributed by atoms with van der Waals surface area (Å²) in [7, 11) is 0. The number of aromatic nitrogens is 1. The van der Waals surface area contributed by atoms with Crippen LogP contribution in [-0.4, -0.2) is 10.8 Å². The summed E-state index contributed by atoms with van der Waals surface area (Å²) in [5, 5.41) is 0. The van der Waals surface area contributed by atoms with Crippen molar-refractivity contribution in [2.45, 2.75) is 13.3 Å². The number of nitrogens with zero attached hydrogens (tertiary/aromatic N) is 1. The van der Waals surface area contributed by atoms with Gasteiger partial charge < -0.3 is 0 Å². The number of ketones is 1. The van der Waals surface area contributed by atoms with Gasteiger partial charge in [-0.05, 0) is 46.6 Å². The monoisotopic (exact) mass is 307 g/mol. The normalized spacial score (nSPS) is 10.4. The third-order valence-electron chi connectivity index (χ3n) is 2.69. The minimum Gasteiger partial charge on any atom is -0.294 e. The van der Waals surface area contributed by atoms with Crippen LogP contribution in [0.25, 0.3) is 0 Å². The number of hydrogen-bond acceptors (Lipinski definition) is 2. The van der Waals surface area contributed by atoms with Gasteiger partial charge in [0.15, 0.2) is 5.78 Å². The van der Waals surface area contributed by atoms with Crippen molar-refractivity contribution in [2.24, 2.45) is 0 Å². The lowest BCUT2D eigenvalue weighted by molar-refractivity contribution is 0.0987. The zero-order chi connectivity index (χ0) is 13.1. The van der Waals surface area contributed by atoms with Crippen LogP contribution in [0.15, 0.2) is 41.0 Å². The minimum absolute atomic E-state index is 0.0857. The van der Waals surface area contributed by atoms with E-state index in [1.165, 1.54) is 6.07 Å². The molecule has 2 nitrogen and oxygen atoms in total. The van der Waals surface area contributed by atoms with Crippen molar-refractivity contribution in [3.8, 4) is 0 Å². The summed E-state index contributed by atoms with van der Waals surface area (Å²) in [5.41, 5.74) is 1.69. The summed E-state index contributed by atoms with van der Waals surface area (Å²) in [5.74, 6) is -0.787. The molecule has 1 aromatic carbocycles. The highest BCUT2D eigenvalue weighted by Crippen LogP contribution is 2.21. The lowest BCUT2D eigenvalue weighted by Gasteiger charge is -2.06. The van der Waals surface area contributed by atoms with Crippen LogP contribution in [0.3, 0.4) is 0 Å². The van der Waals surface area contributed by atoms with Gasteiger partial charge in [0.05, 0.1) is 17.7 Å². The molecule has 4 heteroatoms. The highest BCUT2D eigenvalue weighted by atomic mass is 79.9. The molecule has 0 atom stereocenters. The number of benzene rings is 1. The maximum atomic E-state index is 13.6. The highest BCUT2D eigenvalue weighted by Gasteiger charge is 2.16. The maximum absolute atomic E-state index is 13.6. The molecule has 1 heterocycles. The Labute approximate surface area is 113 Å². The van der Waals surface area contributed by atoms with Gasteiger partial charge in [-0.1, -0.05) is 12.1 Å². The van der Waals surface area contributed by atoms with Crippen molar-refractivity contribution in [1.82, 2.24) is 4.98 Å². The molecule has 0 aliphatic rings. The van der Waals surface area contributed by atoms with E-state index in [2.05, 4.69) is 20.9 Å². The van der Waals surface area contributed by atoms with E-state index in [1.54, 1.807) is 18.3 Å². The Morgan fingerprint density at radius 1 is 1.33 bits per heavy atom. The predicted molar refractivity (Wildman–Crippen MR) is 71.1 cm³/mol. The number of carbonyl (C=O) groups excluding carboxylic acids is 1. The van der Waals surface area contributed by atoms with E-state index in [1.807, 2.05) is 19.1 Å². The molecule has 0 radical (unpaired) electrons. The molecule has 0 fully saturated rings. The first kappa shape index (κ1) is 12.9. The number of halogens is 2. The Morgan fingerprint density at radius 3 is 2.78 bits per heavy atom. The largest absolute Gasteiger partial charge is 0.294 e. The molecule has 0 bridgehead atoms. The molecule has 0 saturated heterocycles. The summed E-state index contributed by atoms with van der Waals surface area (Å²) < 4.78 is 14.1. The van der Waals surface area contributed by atoms with E-state index in [-0.39, 0.29) is 17.8 Å². The van der Waals surface area contributed by atoms with Crippen LogP contribution in [0.5, 0.6) is 0 Å². The van der Waals surface area contributed by atoms with Gasteiger partial charge in [0.1, 0.15) is 5.82 Å². The number of rotatable bonds is 3. The summed E-state index contributed by atoms with van der Waals surface area (Å²) in [6.45, 7) is 1.88. The third kappa shape index (κ3) is 2.64. The third-order valence-corrected chi connectivity index (χ3v) is 3.35. The highest BCUT2D eigenvalue weighted by molar-refractivity contribution is 9.10. The summed E-state index contributed by atoms with van der Waals surface area (Å²) >= 11 is 3.20. The van der Waals surface area contributed by atoms with E-state index in [4.69, 9.17) is 0 Å². The van der Waals surface area contributed by atoms with Crippen LogP contribution >= 0.6 is 15.9 Å². The lowest BCUT2D eigenvalue weighted by atomic mass is 10.0. The van der Waals surface area contributed by atoms with Crippen LogP contribution in [-0.2, 0) is 6.42 Å². The predicted octanol–water partition coefficient (Wildman–Crippen LogP) is 3.72. The Bertz CT molecular complexity index is 578. The lowest BCUT2D eigenvalue weighted by Crippen LogP contribution is -2.09. The first-order valence-corrected chi connectivity index (χ1v) is 6.26. The number of hydrogen-bond donors (Lipinski definition) is 0. The van der Waals surface area contributed by atoms with Crippen LogP contribution < -0.4 is 0 Å². The van der Waals surface area contributed by atoms with Gasteiger partial charge in [0.2, 0.25) is 0 Å². The second-order valence-corrected chi connectivity index (χ2v) is 4.82. The van der Waals surface area contributed by atoms with Crippen molar-refractivity contribution in [1.29, 1.82) is 0 Å². The number of Topliss-reactive ketones (excluding diaryl/α,β-unsaturated/α-hetero) is 1. The molecule has 0 N–H and O–H groups in total. The minimum atomic E-state index is -0.511. The quantitative estimate of drug-likeness (QED) is 0.809. The maximum Gasteiger partial charge on any atom is 0.172 e. The number of aryl methyl sites for hydroxylation is 1. The van der Waals surface area contributed by atoms with Crippen molar-refractivity contribution in [3.63, 3.8) is 0 Å². The average molecular weight is 308 g/mol. The fraction of sp³-hybridized carbons (Fsp3) is 0.143. The molecule has 2 aromatic rings. The van der Waals surface area contributed by atoms with Gasteiger partial charge in [-0.15, -0.1) is 0 Å². The Balaban J connectivity index is 2.31. The molecule has 0 aliphatic heterocycles. The summed E-state index contributed by atoms with van der Waals surface area (Å²) in [6, 6.07) is 8.18. The van der Waals surface area contributed by atoms with Crippen molar-refractivity contribution < 1.29 is 9.18 Å². The van der Waals surface area contributed by atoms with Crippen molar-refractivity contribution in [3.05, 3.63) is 63.6 Å². The Hall–Kier alpha value is -1.55. The number of pyridine rings is 1. The van der Waals surface area contributed by atoms with E-state index < -0.39 is 5.82 Å². The van der Waals surface area contributed by atoms with E-state index >= 15 is 0 Å². The smallest absolute Gasteiger partial charge is 0.172 e. The topological polar surface area (TPSA) is 30.0 Å². The molecule has 0 saturated carbocycles. The molecular weight excluding hydrogens is 297 g/mol. The average Bonchev–Trinajstić information content (AvgIpc) is 2.32. The Morgan fingerprint density at radius 2 is 2.11 bits per heavy atom. The molecule has 1 aromatic heterocycles. The molecule has 0 aliphatic carbocycles. The first-order valence-electron chi connectivity index (χ1n) is 5.47. The van der Waals surface area contributed by atoms with Gasteiger partial charge in [-0.2, -0.15) is 0 Å². The Kier molecular flexibility index (Phi) is 3.87. The molecular formula is C14H11BrFNO. The fourth-order valence-electron chi connectivity index (χ4n) is 1.71. The van der Waals surface area contributed by atoms with Crippen molar-refractivity contribution >= 4 is 21.7 Å². The molecule has 2 rings (SSSR count). The zero-order valence-electron chi connectivity index (χ0n) is 9.78. The van der Waals surface area contributed by atoms with Crippen LogP contribution in [0.4, 0.5) is 4.39 Å². The SMILES string of the molecule is Cc1cccnc1CC(=O)c1c(F)cccc1Br. The number of carbonyl (C=O) groups is 1. The van der Waals surface area contributed by atoms with Crippen molar-refractivity contribution in [2.75, 3.05) is 0 Å². The van der Waals surface area contributed by atoms with Crippen LogP contribution in [0, 0.1) is 12.7 Å². The molecule has 0 spiro atoms. The standard InChI is InChI=1S/C14H11BrFNO/c1-9-4-3-7-17-12(9)8-13(18)14-10(15)5-2-6-11(14)16/h2-7H,8H2,1H3. The van der Waals surface area contributed by atoms with Gasteiger partial charge >= 0.3 is 0 Å². The molecule has 0 amide bonds. The molecule has 92 valence electrons. The summed E-state index contributed by atoms with van der Waals surface area (Å²) in [4.78, 5) is 16.2. The van der Waals surface area contributed by atoms with Crippen LogP contribution in [0.1, 0.15) is 21.6 Å². The van der Waals surface area contributed by atoms with E-state index in [0.717, 1.165) is 5.56 Å². The molecule has 0 unspecified atom stereocenters.